The lowest BCUT2D eigenvalue weighted by Gasteiger charge is -2.36. The van der Waals surface area contributed by atoms with Crippen LogP contribution >= 0.6 is 0 Å². The maximum Gasteiger partial charge on any atom is 0.263 e. The smallest absolute Gasteiger partial charge is 0.263 e. The fourth-order valence-corrected chi connectivity index (χ4v) is 5.62. The molecule has 1 aliphatic heterocycles. The van der Waals surface area contributed by atoms with Gasteiger partial charge in [0.1, 0.15) is 11.5 Å². The minimum Gasteiger partial charge on any atom is -0.367 e. The first-order chi connectivity index (χ1) is 18.9. The Labute approximate surface area is 227 Å². The molecule has 0 atom stereocenters. The minimum atomic E-state index is -0.274. The van der Waals surface area contributed by atoms with Crippen molar-refractivity contribution in [2.24, 2.45) is 0 Å². The first kappa shape index (κ1) is 26.4. The molecule has 5 rings (SSSR count). The van der Waals surface area contributed by atoms with E-state index in [4.69, 9.17) is 11.4 Å². The van der Waals surface area contributed by atoms with Crippen molar-refractivity contribution in [3.63, 3.8) is 0 Å². The molecule has 3 aromatic rings. The summed E-state index contributed by atoms with van der Waals surface area (Å²) in [6, 6.07) is 3.86. The van der Waals surface area contributed by atoms with Gasteiger partial charge in [-0.15, -0.1) is 12.3 Å². The largest absolute Gasteiger partial charge is 0.367 e. The summed E-state index contributed by atoms with van der Waals surface area (Å²) in [5.74, 6) is 3.30. The Kier molecular flexibility index (Phi) is 7.59. The summed E-state index contributed by atoms with van der Waals surface area (Å²) in [4.78, 5) is 55.8. The Morgan fingerprint density at radius 3 is 2.49 bits per heavy atom. The third-order valence-corrected chi connectivity index (χ3v) is 7.72. The quantitative estimate of drug-likeness (QED) is 0.366. The molecular formula is C29H33N7O3. The van der Waals surface area contributed by atoms with Crippen LogP contribution in [0.15, 0.2) is 29.3 Å². The van der Waals surface area contributed by atoms with Crippen molar-refractivity contribution in [2.45, 2.75) is 58.4 Å². The van der Waals surface area contributed by atoms with Crippen molar-refractivity contribution in [1.29, 1.82) is 0 Å². The standard InChI is InChI=1S/C29H33N7O3/c1-4-5-10-25(38)35-15-13-34(14-16-35)22-11-12-24(30-17-22)32-29-31-18-23-19(2)26(20(3)37)28(39)36(27(23)33-29)21-8-6-7-9-21/h1,11-12,17-18,21H,5-10,13-16H2,2-3H3,(H,30,31,32,33). The van der Waals surface area contributed by atoms with Crippen LogP contribution in [0.4, 0.5) is 17.5 Å². The van der Waals surface area contributed by atoms with Crippen LogP contribution in [0.3, 0.4) is 0 Å². The van der Waals surface area contributed by atoms with Crippen LogP contribution in [-0.4, -0.2) is 62.3 Å². The number of fused-ring (bicyclic) bond motifs is 1. The molecule has 2 aliphatic rings. The summed E-state index contributed by atoms with van der Waals surface area (Å²) in [5.41, 5.74) is 2.07. The van der Waals surface area contributed by atoms with Gasteiger partial charge in [-0.2, -0.15) is 4.98 Å². The van der Waals surface area contributed by atoms with Crippen molar-refractivity contribution in [3.05, 3.63) is 46.0 Å². The lowest BCUT2D eigenvalue weighted by molar-refractivity contribution is -0.131. The van der Waals surface area contributed by atoms with E-state index in [0.717, 1.165) is 44.5 Å². The van der Waals surface area contributed by atoms with Gasteiger partial charge in [0.2, 0.25) is 11.9 Å². The second-order valence-corrected chi connectivity index (χ2v) is 10.2. The van der Waals surface area contributed by atoms with Gasteiger partial charge in [0.25, 0.3) is 5.56 Å². The van der Waals surface area contributed by atoms with Crippen molar-refractivity contribution in [1.82, 2.24) is 24.4 Å². The molecule has 10 heteroatoms. The number of hydrogen-bond acceptors (Lipinski definition) is 8. The van der Waals surface area contributed by atoms with E-state index in [1.165, 1.54) is 6.92 Å². The van der Waals surface area contributed by atoms with E-state index < -0.39 is 0 Å². The van der Waals surface area contributed by atoms with E-state index in [1.807, 2.05) is 17.0 Å². The lowest BCUT2D eigenvalue weighted by Crippen LogP contribution is -2.48. The molecule has 4 heterocycles. The number of ketones is 1. The molecule has 0 unspecified atom stereocenters. The molecule has 0 spiro atoms. The van der Waals surface area contributed by atoms with Gasteiger partial charge in [0.15, 0.2) is 5.78 Å². The Morgan fingerprint density at radius 2 is 1.85 bits per heavy atom. The van der Waals surface area contributed by atoms with Crippen molar-refractivity contribution >= 4 is 40.2 Å². The first-order valence-electron chi connectivity index (χ1n) is 13.5. The maximum atomic E-state index is 13.4. The predicted octanol–water partition coefficient (Wildman–Crippen LogP) is 3.62. The number of aryl methyl sites for hydroxylation is 1. The monoisotopic (exact) mass is 527 g/mol. The fourth-order valence-electron chi connectivity index (χ4n) is 5.62. The highest BCUT2D eigenvalue weighted by Gasteiger charge is 2.26. The van der Waals surface area contributed by atoms with E-state index in [-0.39, 0.29) is 28.9 Å². The first-order valence-corrected chi connectivity index (χ1v) is 13.5. The van der Waals surface area contributed by atoms with Crippen molar-refractivity contribution in [3.8, 4) is 12.3 Å². The Morgan fingerprint density at radius 1 is 1.10 bits per heavy atom. The average molecular weight is 528 g/mol. The van der Waals surface area contributed by atoms with E-state index in [9.17, 15) is 14.4 Å². The van der Waals surface area contributed by atoms with Gasteiger partial charge in [-0.25, -0.2) is 9.97 Å². The molecular weight excluding hydrogens is 494 g/mol. The molecule has 1 amide bonds. The second kappa shape index (κ2) is 11.2. The van der Waals surface area contributed by atoms with E-state index in [2.05, 4.69) is 26.1 Å². The van der Waals surface area contributed by atoms with Crippen molar-refractivity contribution < 1.29 is 9.59 Å². The van der Waals surface area contributed by atoms with Gasteiger partial charge in [0, 0.05) is 56.6 Å². The molecule has 0 bridgehead atoms. The van der Waals surface area contributed by atoms with E-state index >= 15 is 0 Å². The van der Waals surface area contributed by atoms with Gasteiger partial charge in [-0.05, 0) is 44.4 Å². The van der Waals surface area contributed by atoms with E-state index in [0.29, 0.717) is 54.3 Å². The zero-order chi connectivity index (χ0) is 27.5. The fraction of sp³-hybridized carbons (Fsp3) is 0.448. The molecule has 1 saturated heterocycles. The second-order valence-electron chi connectivity index (χ2n) is 10.2. The number of piperazine rings is 1. The molecule has 1 aliphatic carbocycles. The molecule has 202 valence electrons. The number of carbonyl (C=O) groups excluding carboxylic acids is 2. The molecule has 1 N–H and O–H groups in total. The summed E-state index contributed by atoms with van der Waals surface area (Å²) >= 11 is 0. The van der Waals surface area contributed by atoms with Crippen LogP contribution in [0.2, 0.25) is 0 Å². The highest BCUT2D eigenvalue weighted by atomic mass is 16.2. The zero-order valence-corrected chi connectivity index (χ0v) is 22.4. The summed E-state index contributed by atoms with van der Waals surface area (Å²) in [6.07, 6.45) is 13.5. The summed E-state index contributed by atoms with van der Waals surface area (Å²) < 4.78 is 1.70. The third kappa shape index (κ3) is 5.35. The minimum absolute atomic E-state index is 0.0203. The number of nitrogens with zero attached hydrogens (tertiary/aromatic N) is 6. The predicted molar refractivity (Wildman–Crippen MR) is 150 cm³/mol. The van der Waals surface area contributed by atoms with E-state index in [1.54, 1.807) is 23.9 Å². The zero-order valence-electron chi connectivity index (χ0n) is 22.4. The summed E-state index contributed by atoms with van der Waals surface area (Å²) in [7, 11) is 0. The number of carbonyl (C=O) groups is 2. The molecule has 39 heavy (non-hydrogen) atoms. The molecule has 2 fully saturated rings. The number of anilines is 3. The van der Waals surface area contributed by atoms with Crippen LogP contribution in [0.5, 0.6) is 0 Å². The van der Waals surface area contributed by atoms with Gasteiger partial charge >= 0.3 is 0 Å². The summed E-state index contributed by atoms with van der Waals surface area (Å²) in [6.45, 7) is 5.97. The lowest BCUT2D eigenvalue weighted by atomic mass is 10.0. The number of pyridine rings is 2. The molecule has 10 nitrogen and oxygen atoms in total. The van der Waals surface area contributed by atoms with Crippen LogP contribution in [0.25, 0.3) is 11.0 Å². The Balaban J connectivity index is 1.34. The van der Waals surface area contributed by atoms with Gasteiger partial charge < -0.3 is 15.1 Å². The Hall–Kier alpha value is -4.26. The van der Waals surface area contributed by atoms with Crippen LogP contribution in [-0.2, 0) is 4.79 Å². The number of terminal acetylenes is 1. The third-order valence-electron chi connectivity index (χ3n) is 7.72. The number of rotatable bonds is 7. The highest BCUT2D eigenvalue weighted by molar-refractivity contribution is 5.99. The number of aromatic nitrogens is 4. The Bertz CT molecular complexity index is 1490. The number of nitrogens with one attached hydrogen (secondary N) is 1. The van der Waals surface area contributed by atoms with Gasteiger partial charge in [-0.3, -0.25) is 19.0 Å². The number of amides is 1. The molecule has 1 saturated carbocycles. The van der Waals surface area contributed by atoms with Crippen LogP contribution in [0.1, 0.15) is 67.4 Å². The molecule has 0 radical (unpaired) electrons. The SMILES string of the molecule is C#CCCC(=O)N1CCN(c2ccc(Nc3ncc4c(C)c(C(C)=O)c(=O)n(C5CCCC5)c4n3)nc2)CC1. The van der Waals surface area contributed by atoms with Crippen molar-refractivity contribution in [2.75, 3.05) is 36.4 Å². The summed E-state index contributed by atoms with van der Waals surface area (Å²) in [5, 5.41) is 3.86. The normalized spacial score (nSPS) is 15.9. The van der Waals surface area contributed by atoms with Gasteiger partial charge in [0.05, 0.1) is 17.4 Å². The van der Waals surface area contributed by atoms with Gasteiger partial charge in [-0.1, -0.05) is 12.8 Å². The van der Waals surface area contributed by atoms with Crippen LogP contribution in [0, 0.1) is 19.3 Å². The highest BCUT2D eigenvalue weighted by Crippen LogP contribution is 2.32. The maximum absolute atomic E-state index is 13.4. The molecule has 0 aromatic carbocycles. The number of Topliss-reactive ketones (excluding diaryl/α,β-unsaturated/α-hetero) is 1. The van der Waals surface area contributed by atoms with Crippen LogP contribution < -0.4 is 15.8 Å². The average Bonchev–Trinajstić information content (AvgIpc) is 3.46. The number of hydrogen-bond donors (Lipinski definition) is 1. The topological polar surface area (TPSA) is 113 Å². The molecule has 3 aromatic heterocycles.